The van der Waals surface area contributed by atoms with Crippen LogP contribution in [-0.2, 0) is 26.2 Å². The number of hydrogen-bond donors (Lipinski definition) is 1. The Bertz CT molecular complexity index is 1160. The molecule has 0 heterocycles. The van der Waals surface area contributed by atoms with Gasteiger partial charge < -0.3 is 10.2 Å². The summed E-state index contributed by atoms with van der Waals surface area (Å²) in [5.74, 6) is -0.338. The lowest BCUT2D eigenvalue weighted by Crippen LogP contribution is -2.52. The lowest BCUT2D eigenvalue weighted by Gasteiger charge is -2.32. The Kier molecular flexibility index (Phi) is 9.17. The molecule has 1 aliphatic rings. The third-order valence-corrected chi connectivity index (χ3v) is 7.97. The molecule has 0 spiro atoms. The molecule has 2 aromatic rings. The van der Waals surface area contributed by atoms with Gasteiger partial charge in [-0.05, 0) is 55.9 Å². The fourth-order valence-electron chi connectivity index (χ4n) is 4.62. The summed E-state index contributed by atoms with van der Waals surface area (Å²) in [6.07, 6.45) is 5.16. The summed E-state index contributed by atoms with van der Waals surface area (Å²) in [6.45, 7) is 7.64. The second-order valence-corrected chi connectivity index (χ2v) is 12.1. The number of aryl methyl sites for hydroxylation is 1. The minimum Gasteiger partial charge on any atom is -0.352 e. The molecule has 7 nitrogen and oxygen atoms in total. The Balaban J connectivity index is 1.87. The largest absolute Gasteiger partial charge is 0.352 e. The predicted molar refractivity (Wildman–Crippen MR) is 144 cm³/mol. The van der Waals surface area contributed by atoms with Crippen LogP contribution in [0.2, 0.25) is 0 Å². The quantitative estimate of drug-likeness (QED) is 0.511. The number of sulfonamides is 1. The smallest absolute Gasteiger partial charge is 0.244 e. The van der Waals surface area contributed by atoms with Crippen LogP contribution >= 0.6 is 0 Å². The average Bonchev–Trinajstić information content (AvgIpc) is 3.33. The number of nitrogens with one attached hydrogen (secondary N) is 1. The highest BCUT2D eigenvalue weighted by Crippen LogP contribution is 2.23. The van der Waals surface area contributed by atoms with Crippen LogP contribution in [0.25, 0.3) is 0 Å². The van der Waals surface area contributed by atoms with E-state index in [0.29, 0.717) is 11.6 Å². The summed E-state index contributed by atoms with van der Waals surface area (Å²) >= 11 is 0. The number of carbonyl (C=O) groups is 2. The van der Waals surface area contributed by atoms with E-state index in [1.54, 1.807) is 19.1 Å². The number of benzene rings is 2. The first-order valence-corrected chi connectivity index (χ1v) is 14.5. The summed E-state index contributed by atoms with van der Waals surface area (Å²) in [7, 11) is -3.74. The highest BCUT2D eigenvalue weighted by atomic mass is 32.2. The van der Waals surface area contributed by atoms with Crippen LogP contribution in [0.5, 0.6) is 0 Å². The van der Waals surface area contributed by atoms with Gasteiger partial charge in [0.25, 0.3) is 0 Å². The fraction of sp³-hybridized carbons (Fsp3) is 0.500. The van der Waals surface area contributed by atoms with E-state index in [1.807, 2.05) is 43.3 Å². The van der Waals surface area contributed by atoms with Gasteiger partial charge in [-0.3, -0.25) is 13.9 Å². The van der Waals surface area contributed by atoms with Crippen molar-refractivity contribution in [3.63, 3.8) is 0 Å². The minimum atomic E-state index is -3.74. The molecule has 0 bridgehead atoms. The highest BCUT2D eigenvalue weighted by Gasteiger charge is 2.31. The molecule has 2 amide bonds. The number of rotatable bonds is 10. The van der Waals surface area contributed by atoms with Crippen molar-refractivity contribution in [2.75, 3.05) is 17.1 Å². The molecule has 0 radical (unpaired) electrons. The van der Waals surface area contributed by atoms with Crippen molar-refractivity contribution in [2.45, 2.75) is 77.9 Å². The first-order chi connectivity index (χ1) is 17.0. The Hall–Kier alpha value is -2.87. The van der Waals surface area contributed by atoms with Crippen LogP contribution in [0.3, 0.4) is 0 Å². The summed E-state index contributed by atoms with van der Waals surface area (Å²) in [6, 6.07) is 14.4. The van der Waals surface area contributed by atoms with Gasteiger partial charge in [-0.1, -0.05) is 68.7 Å². The number of nitrogens with zero attached hydrogens (tertiary/aromatic N) is 2. The van der Waals surface area contributed by atoms with Gasteiger partial charge in [0.1, 0.15) is 12.6 Å². The fourth-order valence-corrected chi connectivity index (χ4v) is 5.47. The maximum atomic E-state index is 13.7. The molecule has 1 N–H and O–H groups in total. The van der Waals surface area contributed by atoms with E-state index in [-0.39, 0.29) is 25.0 Å². The normalized spacial score (nSPS) is 15.1. The standard InChI is InChI=1S/C28H39N3O4S/c1-20(2)24-13-15-26(16-14-24)31(36(5,34)35)19-27(32)30(18-23-10-8-9-21(3)17-23)22(4)28(33)29-25-11-6-7-12-25/h8-10,13-17,20,22,25H,6-7,11-12,18-19H2,1-5H3,(H,29,33). The summed E-state index contributed by atoms with van der Waals surface area (Å²) in [5.41, 5.74) is 3.44. The maximum Gasteiger partial charge on any atom is 0.244 e. The number of carbonyl (C=O) groups excluding carboxylic acids is 2. The first-order valence-electron chi connectivity index (χ1n) is 12.7. The van der Waals surface area contributed by atoms with E-state index < -0.39 is 22.0 Å². The van der Waals surface area contributed by atoms with Crippen molar-refractivity contribution < 1.29 is 18.0 Å². The number of hydrogen-bond acceptors (Lipinski definition) is 4. The van der Waals surface area contributed by atoms with Crippen molar-refractivity contribution in [2.24, 2.45) is 0 Å². The van der Waals surface area contributed by atoms with Gasteiger partial charge in [-0.2, -0.15) is 0 Å². The molecule has 0 saturated heterocycles. The Morgan fingerprint density at radius 1 is 1.03 bits per heavy atom. The molecule has 1 aliphatic carbocycles. The van der Waals surface area contributed by atoms with Gasteiger partial charge in [0.05, 0.1) is 11.9 Å². The minimum absolute atomic E-state index is 0.128. The second-order valence-electron chi connectivity index (χ2n) is 10.2. The third-order valence-electron chi connectivity index (χ3n) is 6.83. The van der Waals surface area contributed by atoms with Crippen molar-refractivity contribution in [3.05, 3.63) is 65.2 Å². The molecule has 3 rings (SSSR count). The molecular formula is C28H39N3O4S. The summed E-state index contributed by atoms with van der Waals surface area (Å²) < 4.78 is 26.6. The molecule has 1 atom stereocenters. The molecular weight excluding hydrogens is 474 g/mol. The number of anilines is 1. The zero-order chi connectivity index (χ0) is 26.5. The first kappa shape index (κ1) is 27.7. The van der Waals surface area contributed by atoms with E-state index in [4.69, 9.17) is 0 Å². The SMILES string of the molecule is Cc1cccc(CN(C(=O)CN(c2ccc(C(C)C)cc2)S(C)(=O)=O)C(C)C(=O)NC2CCCC2)c1. The third kappa shape index (κ3) is 7.32. The molecule has 196 valence electrons. The highest BCUT2D eigenvalue weighted by molar-refractivity contribution is 7.92. The Labute approximate surface area is 215 Å². The summed E-state index contributed by atoms with van der Waals surface area (Å²) in [4.78, 5) is 28.3. The van der Waals surface area contributed by atoms with Crippen molar-refractivity contribution in [1.29, 1.82) is 0 Å². The van der Waals surface area contributed by atoms with Gasteiger partial charge in [0, 0.05) is 12.6 Å². The van der Waals surface area contributed by atoms with Crippen LogP contribution in [0.1, 0.15) is 69.1 Å². The van der Waals surface area contributed by atoms with E-state index in [9.17, 15) is 18.0 Å². The molecule has 1 unspecified atom stereocenters. The van der Waals surface area contributed by atoms with E-state index in [1.165, 1.54) is 4.90 Å². The Morgan fingerprint density at radius 2 is 1.67 bits per heavy atom. The zero-order valence-electron chi connectivity index (χ0n) is 22.0. The number of amides is 2. The van der Waals surface area contributed by atoms with E-state index >= 15 is 0 Å². The van der Waals surface area contributed by atoms with Gasteiger partial charge in [0.15, 0.2) is 0 Å². The van der Waals surface area contributed by atoms with Crippen LogP contribution < -0.4 is 9.62 Å². The van der Waals surface area contributed by atoms with Crippen LogP contribution in [0.4, 0.5) is 5.69 Å². The van der Waals surface area contributed by atoms with E-state index in [2.05, 4.69) is 19.2 Å². The zero-order valence-corrected chi connectivity index (χ0v) is 22.8. The maximum absolute atomic E-state index is 13.7. The molecule has 8 heteroatoms. The lowest BCUT2D eigenvalue weighted by molar-refractivity contribution is -0.139. The second kappa shape index (κ2) is 11.9. The topological polar surface area (TPSA) is 86.8 Å². The van der Waals surface area contributed by atoms with Crippen LogP contribution in [0.15, 0.2) is 48.5 Å². The molecule has 1 fully saturated rings. The monoisotopic (exact) mass is 513 g/mol. The molecule has 1 saturated carbocycles. The van der Waals surface area contributed by atoms with Crippen LogP contribution in [-0.4, -0.2) is 50.0 Å². The van der Waals surface area contributed by atoms with Crippen molar-refractivity contribution in [3.8, 4) is 0 Å². The van der Waals surface area contributed by atoms with Crippen molar-refractivity contribution >= 4 is 27.5 Å². The lowest BCUT2D eigenvalue weighted by atomic mass is 10.0. The molecule has 36 heavy (non-hydrogen) atoms. The van der Waals surface area contributed by atoms with Gasteiger partial charge in [0.2, 0.25) is 21.8 Å². The predicted octanol–water partition coefficient (Wildman–Crippen LogP) is 4.36. The van der Waals surface area contributed by atoms with Gasteiger partial charge in [-0.15, -0.1) is 0 Å². The molecule has 0 aliphatic heterocycles. The van der Waals surface area contributed by atoms with Crippen LogP contribution in [0, 0.1) is 6.92 Å². The Morgan fingerprint density at radius 3 is 2.22 bits per heavy atom. The van der Waals surface area contributed by atoms with Gasteiger partial charge >= 0.3 is 0 Å². The summed E-state index contributed by atoms with van der Waals surface area (Å²) in [5, 5.41) is 3.08. The van der Waals surface area contributed by atoms with Gasteiger partial charge in [-0.25, -0.2) is 8.42 Å². The molecule has 2 aromatic carbocycles. The van der Waals surface area contributed by atoms with E-state index in [0.717, 1.165) is 52.9 Å². The average molecular weight is 514 g/mol. The molecule has 0 aromatic heterocycles. The van der Waals surface area contributed by atoms with Crippen molar-refractivity contribution in [1.82, 2.24) is 10.2 Å².